The molecule has 0 spiro atoms. The van der Waals surface area contributed by atoms with Crippen molar-refractivity contribution in [3.05, 3.63) is 54.6 Å². The van der Waals surface area contributed by atoms with Crippen molar-refractivity contribution in [3.63, 3.8) is 0 Å². The quantitative estimate of drug-likeness (QED) is 0.860. The zero-order valence-corrected chi connectivity index (χ0v) is 14.5. The van der Waals surface area contributed by atoms with Crippen molar-refractivity contribution in [2.24, 2.45) is 5.73 Å². The molecule has 1 aromatic carbocycles. The Morgan fingerprint density at radius 2 is 2.04 bits per heavy atom. The number of imidazole rings is 1. The first-order valence-electron chi connectivity index (χ1n) is 7.31. The molecule has 1 fully saturated rings. The lowest BCUT2D eigenvalue weighted by molar-refractivity contribution is -0.181. The molecule has 1 saturated heterocycles. The fourth-order valence-electron chi connectivity index (χ4n) is 2.66. The molecule has 128 valence electrons. The molecule has 0 radical (unpaired) electrons. The highest BCUT2D eigenvalue weighted by Gasteiger charge is 2.41. The highest BCUT2D eigenvalue weighted by Crippen LogP contribution is 2.30. The van der Waals surface area contributed by atoms with Gasteiger partial charge in [-0.2, -0.15) is 0 Å². The average molecular weight is 360 g/mol. The van der Waals surface area contributed by atoms with Gasteiger partial charge in [-0.25, -0.2) is 4.98 Å². The molecule has 1 aromatic heterocycles. The van der Waals surface area contributed by atoms with Gasteiger partial charge in [-0.1, -0.05) is 30.3 Å². The highest BCUT2D eigenvalue weighted by atomic mass is 35.5. The normalized spacial score (nSPS) is 23.1. The Bertz CT molecular complexity index is 554. The van der Waals surface area contributed by atoms with Gasteiger partial charge in [0.2, 0.25) is 0 Å². The molecule has 2 aromatic rings. The van der Waals surface area contributed by atoms with Crippen LogP contribution in [0.2, 0.25) is 0 Å². The summed E-state index contributed by atoms with van der Waals surface area (Å²) < 4.78 is 14.1. The maximum Gasteiger partial charge on any atom is 0.187 e. The van der Waals surface area contributed by atoms with E-state index >= 15 is 0 Å². The Hall–Kier alpha value is -1.11. The Kier molecular flexibility index (Phi) is 8.02. The molecular weight excluding hydrogens is 337 g/mol. The van der Waals surface area contributed by atoms with E-state index < -0.39 is 5.79 Å². The number of aromatic nitrogens is 2. The largest absolute Gasteiger partial charge is 0.345 e. The van der Waals surface area contributed by atoms with Gasteiger partial charge in [-0.15, -0.1) is 24.8 Å². The zero-order chi connectivity index (χ0) is 14.5. The number of aryl methyl sites for hydroxylation is 1. The molecule has 1 aliphatic heterocycles. The van der Waals surface area contributed by atoms with Crippen LogP contribution in [0.25, 0.3) is 0 Å². The lowest BCUT2D eigenvalue weighted by Gasteiger charge is -2.28. The smallest absolute Gasteiger partial charge is 0.187 e. The minimum Gasteiger partial charge on any atom is -0.345 e. The highest BCUT2D eigenvalue weighted by molar-refractivity contribution is 5.85. The maximum atomic E-state index is 6.10. The molecule has 0 amide bonds. The van der Waals surface area contributed by atoms with E-state index in [0.29, 0.717) is 19.7 Å². The Labute approximate surface area is 149 Å². The predicted molar refractivity (Wildman–Crippen MR) is 94.1 cm³/mol. The average Bonchev–Trinajstić information content (AvgIpc) is 3.17. The van der Waals surface area contributed by atoms with Crippen LogP contribution < -0.4 is 5.73 Å². The number of hydrogen-bond donors (Lipinski definition) is 1. The van der Waals surface area contributed by atoms with Crippen LogP contribution in [0, 0.1) is 0 Å². The maximum absolute atomic E-state index is 6.10. The first-order chi connectivity index (χ1) is 10.3. The monoisotopic (exact) mass is 359 g/mol. The van der Waals surface area contributed by atoms with Crippen LogP contribution in [0.3, 0.4) is 0 Å². The van der Waals surface area contributed by atoms with E-state index in [9.17, 15) is 0 Å². The first-order valence-corrected chi connectivity index (χ1v) is 7.31. The number of benzene rings is 1. The lowest BCUT2D eigenvalue weighted by Crippen LogP contribution is -2.37. The Morgan fingerprint density at radius 3 is 2.65 bits per heavy atom. The van der Waals surface area contributed by atoms with Crippen LogP contribution in [-0.2, 0) is 22.4 Å². The summed E-state index contributed by atoms with van der Waals surface area (Å²) in [6.45, 7) is 1.67. The second-order valence-electron chi connectivity index (χ2n) is 5.42. The van der Waals surface area contributed by atoms with Gasteiger partial charge in [0.15, 0.2) is 5.79 Å². The third-order valence-corrected chi connectivity index (χ3v) is 3.80. The van der Waals surface area contributed by atoms with E-state index in [4.69, 9.17) is 15.2 Å². The predicted octanol–water partition coefficient (Wildman–Crippen LogP) is 2.43. The van der Waals surface area contributed by atoms with Crippen molar-refractivity contribution in [2.75, 3.05) is 13.2 Å². The molecule has 2 N–H and O–H groups in total. The number of nitrogens with two attached hydrogens (primary N) is 1. The first kappa shape index (κ1) is 19.9. The number of rotatable bonds is 6. The van der Waals surface area contributed by atoms with Gasteiger partial charge >= 0.3 is 0 Å². The summed E-state index contributed by atoms with van der Waals surface area (Å²) >= 11 is 0. The lowest BCUT2D eigenvalue weighted by atomic mass is 10.0. The SMILES string of the molecule is Cl.Cl.NC[C@@H]1CO[C@@](CCc2ccccc2)(Cn2ccnc2)O1. The van der Waals surface area contributed by atoms with E-state index in [1.807, 2.05) is 16.8 Å². The number of nitrogens with zero attached hydrogens (tertiary/aromatic N) is 2. The van der Waals surface area contributed by atoms with E-state index in [2.05, 4.69) is 29.2 Å². The molecule has 1 aliphatic rings. The van der Waals surface area contributed by atoms with Gasteiger partial charge in [-0.05, 0) is 12.0 Å². The molecule has 5 nitrogen and oxygen atoms in total. The topological polar surface area (TPSA) is 62.3 Å². The van der Waals surface area contributed by atoms with Crippen molar-refractivity contribution in [1.29, 1.82) is 0 Å². The standard InChI is InChI=1S/C16H21N3O2.2ClH/c17-10-15-11-20-16(21-15,12-19-9-8-18-13-19)7-6-14-4-2-1-3-5-14;;/h1-5,8-9,13,15H,6-7,10-12,17H2;2*1H/t15-,16-;;/m1../s1. The van der Waals surface area contributed by atoms with Crippen molar-refractivity contribution < 1.29 is 9.47 Å². The summed E-state index contributed by atoms with van der Waals surface area (Å²) in [5.41, 5.74) is 6.99. The van der Waals surface area contributed by atoms with E-state index in [1.54, 1.807) is 12.5 Å². The van der Waals surface area contributed by atoms with Crippen LogP contribution >= 0.6 is 24.8 Å². The molecule has 7 heteroatoms. The summed E-state index contributed by atoms with van der Waals surface area (Å²) in [6.07, 6.45) is 7.16. The summed E-state index contributed by atoms with van der Waals surface area (Å²) in [5.74, 6) is -0.611. The molecule has 0 saturated carbocycles. The van der Waals surface area contributed by atoms with Crippen molar-refractivity contribution >= 4 is 24.8 Å². The van der Waals surface area contributed by atoms with E-state index in [1.165, 1.54) is 5.56 Å². The second-order valence-corrected chi connectivity index (χ2v) is 5.42. The number of ether oxygens (including phenoxy) is 2. The van der Waals surface area contributed by atoms with Gasteiger partial charge in [0, 0.05) is 25.4 Å². The Morgan fingerprint density at radius 1 is 1.26 bits per heavy atom. The third kappa shape index (κ3) is 5.19. The molecule has 2 atom stereocenters. The summed E-state index contributed by atoms with van der Waals surface area (Å²) in [5, 5.41) is 0. The third-order valence-electron chi connectivity index (χ3n) is 3.80. The summed E-state index contributed by atoms with van der Waals surface area (Å²) in [7, 11) is 0. The van der Waals surface area contributed by atoms with Crippen LogP contribution in [0.15, 0.2) is 49.1 Å². The van der Waals surface area contributed by atoms with Gasteiger partial charge in [0.25, 0.3) is 0 Å². The van der Waals surface area contributed by atoms with Gasteiger partial charge in [-0.3, -0.25) is 0 Å². The van der Waals surface area contributed by atoms with Crippen molar-refractivity contribution in [1.82, 2.24) is 9.55 Å². The molecular formula is C16H23Cl2N3O2. The molecule has 23 heavy (non-hydrogen) atoms. The minimum absolute atomic E-state index is 0. The zero-order valence-electron chi connectivity index (χ0n) is 12.8. The Balaban J connectivity index is 0.00000132. The molecule has 0 bridgehead atoms. The van der Waals surface area contributed by atoms with Crippen LogP contribution in [-0.4, -0.2) is 34.6 Å². The van der Waals surface area contributed by atoms with Crippen molar-refractivity contribution in [3.8, 4) is 0 Å². The van der Waals surface area contributed by atoms with Crippen LogP contribution in [0.1, 0.15) is 12.0 Å². The van der Waals surface area contributed by atoms with Crippen molar-refractivity contribution in [2.45, 2.75) is 31.3 Å². The number of hydrogen-bond acceptors (Lipinski definition) is 4. The summed E-state index contributed by atoms with van der Waals surface area (Å²) in [4.78, 5) is 4.08. The van der Waals surface area contributed by atoms with Crippen LogP contribution in [0.4, 0.5) is 0 Å². The fraction of sp³-hybridized carbons (Fsp3) is 0.438. The summed E-state index contributed by atoms with van der Waals surface area (Å²) in [6, 6.07) is 10.4. The van der Waals surface area contributed by atoms with E-state index in [-0.39, 0.29) is 30.9 Å². The second kappa shape index (κ2) is 9.25. The van der Waals surface area contributed by atoms with Gasteiger partial charge in [0.05, 0.1) is 25.6 Å². The minimum atomic E-state index is -0.611. The van der Waals surface area contributed by atoms with Gasteiger partial charge in [0.1, 0.15) is 0 Å². The fourth-order valence-corrected chi connectivity index (χ4v) is 2.66. The molecule has 0 aliphatic carbocycles. The molecule has 2 heterocycles. The number of halogens is 2. The van der Waals surface area contributed by atoms with E-state index in [0.717, 1.165) is 12.8 Å². The van der Waals surface area contributed by atoms with Crippen LogP contribution in [0.5, 0.6) is 0 Å². The van der Waals surface area contributed by atoms with Gasteiger partial charge < -0.3 is 19.8 Å². The molecule has 3 rings (SSSR count). The molecule has 0 unspecified atom stereocenters.